The maximum atomic E-state index is 10.9. The van der Waals surface area contributed by atoms with E-state index >= 15 is 0 Å². The third-order valence-corrected chi connectivity index (χ3v) is 3.95. The third kappa shape index (κ3) is 1.88. The van der Waals surface area contributed by atoms with Gasteiger partial charge in [0.2, 0.25) is 0 Å². The van der Waals surface area contributed by atoms with Gasteiger partial charge in [0.25, 0.3) is 0 Å². The minimum atomic E-state index is -0.652. The van der Waals surface area contributed by atoms with Gasteiger partial charge in [-0.25, -0.2) is 0 Å². The lowest BCUT2D eigenvalue weighted by molar-refractivity contribution is -0.0721. The summed E-state index contributed by atoms with van der Waals surface area (Å²) in [7, 11) is 1.90. The Morgan fingerprint density at radius 1 is 1.50 bits per heavy atom. The Bertz CT molecular complexity index is 359. The first-order valence-corrected chi connectivity index (χ1v) is 6.25. The Hall–Kier alpha value is -0.830. The van der Waals surface area contributed by atoms with Crippen molar-refractivity contribution < 1.29 is 5.11 Å². The van der Waals surface area contributed by atoms with Gasteiger partial charge in [-0.05, 0) is 24.7 Å². The van der Waals surface area contributed by atoms with Crippen LogP contribution in [0.25, 0.3) is 0 Å². The zero-order chi connectivity index (χ0) is 11.8. The van der Waals surface area contributed by atoms with Gasteiger partial charge in [-0.3, -0.25) is 4.68 Å². The average molecular weight is 222 g/mol. The van der Waals surface area contributed by atoms with Gasteiger partial charge in [0.15, 0.2) is 0 Å². The van der Waals surface area contributed by atoms with Crippen LogP contribution in [0.1, 0.15) is 45.1 Å². The number of aromatic nitrogens is 2. The summed E-state index contributed by atoms with van der Waals surface area (Å²) in [6, 6.07) is 0. The van der Waals surface area contributed by atoms with E-state index in [4.69, 9.17) is 0 Å². The van der Waals surface area contributed by atoms with Crippen LogP contribution in [0.2, 0.25) is 0 Å². The van der Waals surface area contributed by atoms with Gasteiger partial charge >= 0.3 is 0 Å². The highest BCUT2D eigenvalue weighted by Crippen LogP contribution is 2.44. The van der Waals surface area contributed by atoms with Gasteiger partial charge < -0.3 is 5.11 Å². The Morgan fingerprint density at radius 2 is 2.25 bits per heavy atom. The molecule has 1 fully saturated rings. The molecule has 2 unspecified atom stereocenters. The van der Waals surface area contributed by atoms with E-state index in [1.807, 2.05) is 19.4 Å². The minimum absolute atomic E-state index is 0.366. The molecule has 0 bridgehead atoms. The number of aliphatic hydroxyl groups is 1. The van der Waals surface area contributed by atoms with Crippen LogP contribution in [0.4, 0.5) is 0 Å². The van der Waals surface area contributed by atoms with Crippen molar-refractivity contribution in [3.8, 4) is 0 Å². The highest BCUT2D eigenvalue weighted by atomic mass is 16.3. The maximum absolute atomic E-state index is 10.9. The van der Waals surface area contributed by atoms with Crippen LogP contribution in [0.3, 0.4) is 0 Å². The highest BCUT2D eigenvalue weighted by Gasteiger charge is 2.42. The molecule has 1 aliphatic rings. The molecule has 3 heteroatoms. The quantitative estimate of drug-likeness (QED) is 0.834. The third-order valence-electron chi connectivity index (χ3n) is 3.95. The molecule has 2 atom stereocenters. The molecule has 1 saturated carbocycles. The van der Waals surface area contributed by atoms with Crippen LogP contribution in [0.5, 0.6) is 0 Å². The molecule has 0 aromatic carbocycles. The van der Waals surface area contributed by atoms with E-state index in [1.54, 1.807) is 4.68 Å². The van der Waals surface area contributed by atoms with E-state index in [1.165, 1.54) is 6.42 Å². The summed E-state index contributed by atoms with van der Waals surface area (Å²) in [6.45, 7) is 4.41. The molecule has 1 aromatic heterocycles. The molecular weight excluding hydrogens is 200 g/mol. The number of rotatable bonds is 2. The standard InChI is InChI=1S/C13H22N2O/c1-10(2)12-6-4-5-7-13(12,16)11-8-14-15(3)9-11/h8-10,12,16H,4-7H2,1-3H3. The van der Waals surface area contributed by atoms with Crippen molar-refractivity contribution in [2.24, 2.45) is 18.9 Å². The van der Waals surface area contributed by atoms with Crippen molar-refractivity contribution in [1.82, 2.24) is 9.78 Å². The largest absolute Gasteiger partial charge is 0.385 e. The van der Waals surface area contributed by atoms with Gasteiger partial charge in [-0.15, -0.1) is 0 Å². The lowest BCUT2D eigenvalue weighted by Gasteiger charge is -2.41. The first-order chi connectivity index (χ1) is 7.54. The molecule has 1 aromatic rings. The molecule has 0 radical (unpaired) electrons. The fourth-order valence-electron chi connectivity index (χ4n) is 3.07. The fourth-order valence-corrected chi connectivity index (χ4v) is 3.07. The first kappa shape index (κ1) is 11.6. The number of hydrogen-bond donors (Lipinski definition) is 1. The van der Waals surface area contributed by atoms with E-state index in [0.29, 0.717) is 11.8 Å². The van der Waals surface area contributed by atoms with E-state index in [0.717, 1.165) is 24.8 Å². The minimum Gasteiger partial charge on any atom is -0.385 e. The number of nitrogens with zero attached hydrogens (tertiary/aromatic N) is 2. The molecule has 2 rings (SSSR count). The van der Waals surface area contributed by atoms with Crippen molar-refractivity contribution in [3.63, 3.8) is 0 Å². The monoisotopic (exact) mass is 222 g/mol. The Morgan fingerprint density at radius 3 is 2.81 bits per heavy atom. The molecule has 3 nitrogen and oxygen atoms in total. The van der Waals surface area contributed by atoms with Crippen molar-refractivity contribution in [3.05, 3.63) is 18.0 Å². The molecule has 0 aliphatic heterocycles. The summed E-state index contributed by atoms with van der Waals surface area (Å²) in [6.07, 6.45) is 8.14. The molecule has 1 heterocycles. The summed E-state index contributed by atoms with van der Waals surface area (Å²) in [4.78, 5) is 0. The second kappa shape index (κ2) is 4.21. The van der Waals surface area contributed by atoms with E-state index in [9.17, 15) is 5.11 Å². The smallest absolute Gasteiger partial charge is 0.0957 e. The normalized spacial score (nSPS) is 30.9. The highest BCUT2D eigenvalue weighted by molar-refractivity contribution is 5.18. The fraction of sp³-hybridized carbons (Fsp3) is 0.769. The number of aryl methyl sites for hydroxylation is 1. The van der Waals surface area contributed by atoms with Crippen molar-refractivity contribution >= 4 is 0 Å². The molecule has 0 amide bonds. The van der Waals surface area contributed by atoms with Gasteiger partial charge in [-0.1, -0.05) is 26.7 Å². The first-order valence-electron chi connectivity index (χ1n) is 6.25. The predicted octanol–water partition coefficient (Wildman–Crippen LogP) is 2.45. The van der Waals surface area contributed by atoms with Crippen molar-refractivity contribution in [2.45, 2.75) is 45.1 Å². The van der Waals surface area contributed by atoms with E-state index in [2.05, 4.69) is 18.9 Å². The van der Waals surface area contributed by atoms with Crippen LogP contribution in [0, 0.1) is 11.8 Å². The van der Waals surface area contributed by atoms with Crippen molar-refractivity contribution in [2.75, 3.05) is 0 Å². The van der Waals surface area contributed by atoms with Gasteiger partial charge in [0.05, 0.1) is 11.8 Å². The second-order valence-electron chi connectivity index (χ2n) is 5.42. The van der Waals surface area contributed by atoms with Crippen LogP contribution in [-0.4, -0.2) is 14.9 Å². The lowest BCUT2D eigenvalue weighted by Crippen LogP contribution is -2.40. The summed E-state index contributed by atoms with van der Waals surface area (Å²) in [5.74, 6) is 0.885. The zero-order valence-electron chi connectivity index (χ0n) is 10.5. The van der Waals surface area contributed by atoms with Crippen LogP contribution < -0.4 is 0 Å². The molecule has 0 saturated heterocycles. The maximum Gasteiger partial charge on any atom is 0.0957 e. The summed E-state index contributed by atoms with van der Waals surface area (Å²) >= 11 is 0. The van der Waals surface area contributed by atoms with Crippen LogP contribution in [0.15, 0.2) is 12.4 Å². The Labute approximate surface area is 97.5 Å². The molecule has 16 heavy (non-hydrogen) atoms. The molecule has 1 aliphatic carbocycles. The van der Waals surface area contributed by atoms with Crippen molar-refractivity contribution in [1.29, 1.82) is 0 Å². The average Bonchev–Trinajstić information content (AvgIpc) is 2.65. The van der Waals surface area contributed by atoms with Crippen LogP contribution >= 0.6 is 0 Å². The molecule has 1 N–H and O–H groups in total. The molecular formula is C13H22N2O. The lowest BCUT2D eigenvalue weighted by atomic mass is 9.68. The summed E-state index contributed by atoms with van der Waals surface area (Å²) < 4.78 is 1.78. The summed E-state index contributed by atoms with van der Waals surface area (Å²) in [5, 5.41) is 15.1. The van der Waals surface area contributed by atoms with Gasteiger partial charge in [-0.2, -0.15) is 5.10 Å². The summed E-state index contributed by atoms with van der Waals surface area (Å²) in [5.41, 5.74) is 0.342. The van der Waals surface area contributed by atoms with E-state index < -0.39 is 5.60 Å². The van der Waals surface area contributed by atoms with Gasteiger partial charge in [0.1, 0.15) is 0 Å². The molecule has 0 spiro atoms. The topological polar surface area (TPSA) is 38.1 Å². The van der Waals surface area contributed by atoms with Crippen LogP contribution in [-0.2, 0) is 12.6 Å². The number of hydrogen-bond acceptors (Lipinski definition) is 2. The zero-order valence-corrected chi connectivity index (χ0v) is 10.5. The second-order valence-corrected chi connectivity index (χ2v) is 5.42. The molecule has 90 valence electrons. The Balaban J connectivity index is 2.32. The predicted molar refractivity (Wildman–Crippen MR) is 63.9 cm³/mol. The van der Waals surface area contributed by atoms with E-state index in [-0.39, 0.29) is 0 Å². The SMILES string of the molecule is CC(C)C1CCCCC1(O)c1cnn(C)c1. The Kier molecular flexibility index (Phi) is 3.06. The van der Waals surface area contributed by atoms with Gasteiger partial charge in [0, 0.05) is 18.8 Å².